The molecule has 0 aliphatic heterocycles. The van der Waals surface area contributed by atoms with Gasteiger partial charge in [0.1, 0.15) is 6.33 Å². The highest BCUT2D eigenvalue weighted by molar-refractivity contribution is 5.30. The van der Waals surface area contributed by atoms with Crippen molar-refractivity contribution in [1.29, 1.82) is 0 Å². The summed E-state index contributed by atoms with van der Waals surface area (Å²) in [6.45, 7) is 3.40. The van der Waals surface area contributed by atoms with Crippen molar-refractivity contribution >= 4 is 5.95 Å². The average molecular weight is 274 g/mol. The van der Waals surface area contributed by atoms with Crippen LogP contribution in [0.1, 0.15) is 26.2 Å². The number of nitrogens with zero attached hydrogens (tertiary/aromatic N) is 5. The Balaban J connectivity index is 1.76. The molecule has 1 saturated carbocycles. The van der Waals surface area contributed by atoms with E-state index in [0.717, 1.165) is 18.9 Å². The largest absolute Gasteiger partial charge is 0.463 e. The lowest BCUT2D eigenvalue weighted by Crippen LogP contribution is -2.11. The first-order chi connectivity index (χ1) is 9.85. The van der Waals surface area contributed by atoms with Gasteiger partial charge in [0.2, 0.25) is 11.9 Å². The molecule has 0 saturated heterocycles. The zero-order valence-electron chi connectivity index (χ0n) is 11.5. The van der Waals surface area contributed by atoms with E-state index in [4.69, 9.17) is 4.74 Å². The molecule has 2 heterocycles. The second-order valence-electron chi connectivity index (χ2n) is 4.82. The van der Waals surface area contributed by atoms with Gasteiger partial charge in [-0.1, -0.05) is 12.8 Å². The Morgan fingerprint density at radius 1 is 1.35 bits per heavy atom. The van der Waals surface area contributed by atoms with Crippen molar-refractivity contribution in [3.8, 4) is 12.0 Å². The Labute approximate surface area is 117 Å². The number of ether oxygens (including phenoxy) is 1. The van der Waals surface area contributed by atoms with Crippen LogP contribution in [-0.4, -0.2) is 37.7 Å². The molecule has 2 aromatic rings. The molecule has 1 fully saturated rings. The Bertz CT molecular complexity index is 552. The molecule has 20 heavy (non-hydrogen) atoms. The molecule has 1 aliphatic carbocycles. The van der Waals surface area contributed by atoms with E-state index in [0.29, 0.717) is 24.5 Å². The Kier molecular flexibility index (Phi) is 3.76. The lowest BCUT2D eigenvalue weighted by molar-refractivity contribution is 0.278. The number of rotatable bonds is 7. The normalized spacial score (nSPS) is 14.2. The third kappa shape index (κ3) is 3.23. The van der Waals surface area contributed by atoms with E-state index in [1.807, 2.05) is 6.92 Å². The van der Waals surface area contributed by atoms with E-state index in [1.165, 1.54) is 12.8 Å². The minimum atomic E-state index is 0.361. The molecule has 0 atom stereocenters. The lowest BCUT2D eigenvalue weighted by atomic mass is 10.3. The quantitative estimate of drug-likeness (QED) is 0.827. The summed E-state index contributed by atoms with van der Waals surface area (Å²) in [6.07, 6.45) is 8.85. The van der Waals surface area contributed by atoms with Gasteiger partial charge in [-0.3, -0.25) is 4.57 Å². The van der Waals surface area contributed by atoms with Crippen LogP contribution in [-0.2, 0) is 0 Å². The van der Waals surface area contributed by atoms with E-state index in [1.54, 1.807) is 23.3 Å². The maximum atomic E-state index is 5.65. The van der Waals surface area contributed by atoms with Crippen LogP contribution in [0.15, 0.2) is 18.7 Å². The first-order valence-corrected chi connectivity index (χ1v) is 6.96. The smallest absolute Gasteiger partial charge is 0.323 e. The van der Waals surface area contributed by atoms with Crippen LogP contribution >= 0.6 is 0 Å². The number of anilines is 1. The highest BCUT2D eigenvalue weighted by atomic mass is 16.5. The molecule has 0 aromatic carbocycles. The standard InChI is InChI=1S/C13H18N6O/c1-2-15-11-16-12(19-7-6-14-9-19)18-13(17-11)20-8-5-10-3-4-10/h6-7,9-10H,2-5,8H2,1H3,(H,15,16,17,18). The zero-order chi connectivity index (χ0) is 13.8. The van der Waals surface area contributed by atoms with E-state index in [-0.39, 0.29) is 0 Å². The van der Waals surface area contributed by atoms with Crippen molar-refractivity contribution in [2.24, 2.45) is 5.92 Å². The van der Waals surface area contributed by atoms with Gasteiger partial charge >= 0.3 is 6.01 Å². The third-order valence-corrected chi connectivity index (χ3v) is 3.13. The van der Waals surface area contributed by atoms with Gasteiger partial charge in [-0.25, -0.2) is 4.98 Å². The zero-order valence-corrected chi connectivity index (χ0v) is 11.5. The predicted molar refractivity (Wildman–Crippen MR) is 73.9 cm³/mol. The summed E-state index contributed by atoms with van der Waals surface area (Å²) in [5.74, 6) is 1.86. The van der Waals surface area contributed by atoms with Crippen LogP contribution in [0.4, 0.5) is 5.95 Å². The van der Waals surface area contributed by atoms with Gasteiger partial charge in [0.05, 0.1) is 6.61 Å². The highest BCUT2D eigenvalue weighted by Gasteiger charge is 2.21. The molecule has 0 bridgehead atoms. The summed E-state index contributed by atoms with van der Waals surface area (Å²) in [4.78, 5) is 16.9. The topological polar surface area (TPSA) is 77.8 Å². The maximum absolute atomic E-state index is 5.65. The summed E-state index contributed by atoms with van der Waals surface area (Å²) in [6, 6.07) is 0.361. The Morgan fingerprint density at radius 3 is 2.95 bits per heavy atom. The second kappa shape index (κ2) is 5.85. The Hall–Kier alpha value is -2.18. The Morgan fingerprint density at radius 2 is 2.25 bits per heavy atom. The molecule has 7 heteroatoms. The number of hydrogen-bond donors (Lipinski definition) is 1. The molecule has 1 aliphatic rings. The summed E-state index contributed by atoms with van der Waals surface area (Å²) >= 11 is 0. The highest BCUT2D eigenvalue weighted by Crippen LogP contribution is 2.32. The maximum Gasteiger partial charge on any atom is 0.323 e. The van der Waals surface area contributed by atoms with Gasteiger partial charge in [-0.05, 0) is 19.3 Å². The lowest BCUT2D eigenvalue weighted by Gasteiger charge is -2.08. The van der Waals surface area contributed by atoms with Crippen LogP contribution in [0.3, 0.4) is 0 Å². The molecule has 106 valence electrons. The van der Waals surface area contributed by atoms with Crippen molar-refractivity contribution in [1.82, 2.24) is 24.5 Å². The summed E-state index contributed by atoms with van der Waals surface area (Å²) < 4.78 is 7.38. The van der Waals surface area contributed by atoms with Crippen LogP contribution < -0.4 is 10.1 Å². The minimum Gasteiger partial charge on any atom is -0.463 e. The summed E-state index contributed by atoms with van der Waals surface area (Å²) in [7, 11) is 0. The van der Waals surface area contributed by atoms with Gasteiger partial charge in [0.15, 0.2) is 0 Å². The first-order valence-electron chi connectivity index (χ1n) is 6.96. The van der Waals surface area contributed by atoms with Gasteiger partial charge in [0, 0.05) is 18.9 Å². The molecular formula is C13H18N6O. The number of imidazole rings is 1. The first kappa shape index (κ1) is 12.8. The molecule has 0 radical (unpaired) electrons. The molecule has 0 spiro atoms. The monoisotopic (exact) mass is 274 g/mol. The number of aromatic nitrogens is 5. The summed E-state index contributed by atoms with van der Waals surface area (Å²) in [5.41, 5.74) is 0. The predicted octanol–water partition coefficient (Wildman–Crippen LogP) is 1.67. The third-order valence-electron chi connectivity index (χ3n) is 3.13. The fourth-order valence-electron chi connectivity index (χ4n) is 1.86. The van der Waals surface area contributed by atoms with E-state index in [9.17, 15) is 0 Å². The molecule has 0 amide bonds. The second-order valence-corrected chi connectivity index (χ2v) is 4.82. The molecule has 7 nitrogen and oxygen atoms in total. The fraction of sp³-hybridized carbons (Fsp3) is 0.538. The molecule has 1 N–H and O–H groups in total. The molecule has 2 aromatic heterocycles. The summed E-state index contributed by atoms with van der Waals surface area (Å²) in [5, 5.41) is 3.09. The van der Waals surface area contributed by atoms with E-state index >= 15 is 0 Å². The van der Waals surface area contributed by atoms with Crippen molar-refractivity contribution in [3.63, 3.8) is 0 Å². The van der Waals surface area contributed by atoms with Crippen LogP contribution in [0, 0.1) is 5.92 Å². The molecule has 0 unspecified atom stereocenters. The van der Waals surface area contributed by atoms with Crippen molar-refractivity contribution < 1.29 is 4.74 Å². The van der Waals surface area contributed by atoms with Crippen molar-refractivity contribution in [3.05, 3.63) is 18.7 Å². The van der Waals surface area contributed by atoms with Gasteiger partial charge < -0.3 is 10.1 Å². The fourth-order valence-corrected chi connectivity index (χ4v) is 1.86. The van der Waals surface area contributed by atoms with Crippen molar-refractivity contribution in [2.45, 2.75) is 26.2 Å². The van der Waals surface area contributed by atoms with Crippen LogP contribution in [0.2, 0.25) is 0 Å². The van der Waals surface area contributed by atoms with Crippen LogP contribution in [0.25, 0.3) is 5.95 Å². The SMILES string of the molecule is CCNc1nc(OCCC2CC2)nc(-n2ccnc2)n1. The molecule has 3 rings (SSSR count). The average Bonchev–Trinajstić information content (AvgIpc) is 3.10. The van der Waals surface area contributed by atoms with Gasteiger partial charge in [-0.2, -0.15) is 15.0 Å². The van der Waals surface area contributed by atoms with Gasteiger partial charge in [-0.15, -0.1) is 0 Å². The number of hydrogen-bond acceptors (Lipinski definition) is 6. The van der Waals surface area contributed by atoms with Gasteiger partial charge in [0.25, 0.3) is 0 Å². The van der Waals surface area contributed by atoms with E-state index in [2.05, 4.69) is 25.3 Å². The van der Waals surface area contributed by atoms with E-state index < -0.39 is 0 Å². The van der Waals surface area contributed by atoms with Crippen LogP contribution in [0.5, 0.6) is 6.01 Å². The minimum absolute atomic E-state index is 0.361. The molecular weight excluding hydrogens is 256 g/mol. The number of nitrogens with one attached hydrogen (secondary N) is 1. The van der Waals surface area contributed by atoms with Crippen molar-refractivity contribution in [2.75, 3.05) is 18.5 Å².